The molecule has 0 bridgehead atoms. The van der Waals surface area contributed by atoms with E-state index in [9.17, 15) is 9.59 Å². The molecule has 0 aromatic heterocycles. The molecule has 0 saturated carbocycles. The summed E-state index contributed by atoms with van der Waals surface area (Å²) in [4.78, 5) is 28.2. The van der Waals surface area contributed by atoms with E-state index >= 15 is 0 Å². The molecule has 28 heavy (non-hydrogen) atoms. The largest absolute Gasteiger partial charge is 0.497 e. The first-order valence-electron chi connectivity index (χ1n) is 9.60. The molecule has 1 saturated heterocycles. The lowest BCUT2D eigenvalue weighted by Crippen LogP contribution is -2.41. The molecule has 0 aliphatic carbocycles. The van der Waals surface area contributed by atoms with E-state index < -0.39 is 5.91 Å². The van der Waals surface area contributed by atoms with Crippen molar-refractivity contribution in [2.75, 3.05) is 31.6 Å². The standard InChI is InChI=1S/C22H27N3O3/c1-28-19-10-5-7-17(15-19)20-11-6-13-24(20)16-22(27)25(14-12-21(23)26)18-8-3-2-4-9-18/h2-5,7-10,15,20H,6,11-14,16H2,1H3,(H2,23,26). The fourth-order valence-electron chi connectivity index (χ4n) is 3.73. The van der Waals surface area contributed by atoms with E-state index in [1.165, 1.54) is 0 Å². The van der Waals surface area contributed by atoms with Gasteiger partial charge in [-0.15, -0.1) is 0 Å². The van der Waals surface area contributed by atoms with Crippen molar-refractivity contribution in [2.24, 2.45) is 5.73 Å². The fourth-order valence-corrected chi connectivity index (χ4v) is 3.73. The summed E-state index contributed by atoms with van der Waals surface area (Å²) in [6.45, 7) is 1.46. The van der Waals surface area contributed by atoms with Crippen LogP contribution >= 0.6 is 0 Å². The van der Waals surface area contributed by atoms with Crippen molar-refractivity contribution < 1.29 is 14.3 Å². The van der Waals surface area contributed by atoms with Crippen LogP contribution in [-0.2, 0) is 9.59 Å². The number of hydrogen-bond acceptors (Lipinski definition) is 4. The Morgan fingerprint density at radius 1 is 1.18 bits per heavy atom. The van der Waals surface area contributed by atoms with Crippen LogP contribution in [0.3, 0.4) is 0 Å². The van der Waals surface area contributed by atoms with Crippen LogP contribution in [0.5, 0.6) is 5.75 Å². The Hall–Kier alpha value is -2.86. The third-order valence-corrected chi connectivity index (χ3v) is 5.13. The molecule has 1 fully saturated rings. The third kappa shape index (κ3) is 4.89. The summed E-state index contributed by atoms with van der Waals surface area (Å²) in [5.74, 6) is 0.384. The first-order chi connectivity index (χ1) is 13.6. The van der Waals surface area contributed by atoms with Gasteiger partial charge in [0.2, 0.25) is 11.8 Å². The summed E-state index contributed by atoms with van der Waals surface area (Å²) in [6.07, 6.45) is 2.19. The molecule has 148 valence electrons. The number of carbonyl (C=O) groups excluding carboxylic acids is 2. The summed E-state index contributed by atoms with van der Waals surface area (Å²) in [6, 6.07) is 17.6. The summed E-state index contributed by atoms with van der Waals surface area (Å²) < 4.78 is 5.34. The highest BCUT2D eigenvalue weighted by Crippen LogP contribution is 2.33. The molecule has 1 aliphatic rings. The number of nitrogens with two attached hydrogens (primary N) is 1. The molecular formula is C22H27N3O3. The third-order valence-electron chi connectivity index (χ3n) is 5.13. The van der Waals surface area contributed by atoms with Crippen molar-refractivity contribution >= 4 is 17.5 Å². The SMILES string of the molecule is COc1cccc(C2CCCN2CC(=O)N(CCC(N)=O)c2ccccc2)c1. The van der Waals surface area contributed by atoms with E-state index in [1.807, 2.05) is 48.5 Å². The molecule has 1 atom stereocenters. The van der Waals surface area contributed by atoms with Crippen molar-refractivity contribution in [1.29, 1.82) is 0 Å². The fraction of sp³-hybridized carbons (Fsp3) is 0.364. The first-order valence-corrected chi connectivity index (χ1v) is 9.60. The maximum absolute atomic E-state index is 13.1. The topological polar surface area (TPSA) is 75.9 Å². The molecule has 0 radical (unpaired) electrons. The van der Waals surface area contributed by atoms with Gasteiger partial charge in [0, 0.05) is 24.7 Å². The molecule has 6 heteroatoms. The van der Waals surface area contributed by atoms with Gasteiger partial charge in [0.1, 0.15) is 5.75 Å². The zero-order valence-corrected chi connectivity index (χ0v) is 16.2. The number of primary amides is 1. The minimum Gasteiger partial charge on any atom is -0.497 e. The molecule has 2 N–H and O–H groups in total. The minimum atomic E-state index is -0.413. The highest BCUT2D eigenvalue weighted by Gasteiger charge is 2.29. The molecule has 6 nitrogen and oxygen atoms in total. The van der Waals surface area contributed by atoms with Gasteiger partial charge in [0.25, 0.3) is 0 Å². The Balaban J connectivity index is 1.75. The number of anilines is 1. The second kappa shape index (κ2) is 9.37. The summed E-state index contributed by atoms with van der Waals surface area (Å²) in [7, 11) is 1.66. The van der Waals surface area contributed by atoms with Crippen LogP contribution in [0.1, 0.15) is 30.9 Å². The molecule has 1 unspecified atom stereocenters. The highest BCUT2D eigenvalue weighted by molar-refractivity contribution is 5.95. The van der Waals surface area contributed by atoms with Gasteiger partial charge in [0.05, 0.1) is 13.7 Å². The van der Waals surface area contributed by atoms with Gasteiger partial charge in [-0.1, -0.05) is 30.3 Å². The number of ether oxygens (including phenoxy) is 1. The monoisotopic (exact) mass is 381 g/mol. The quantitative estimate of drug-likeness (QED) is 0.763. The Kier molecular flexibility index (Phi) is 6.66. The van der Waals surface area contributed by atoms with Crippen molar-refractivity contribution in [2.45, 2.75) is 25.3 Å². The molecular weight excluding hydrogens is 354 g/mol. The van der Waals surface area contributed by atoms with Gasteiger partial charge < -0.3 is 15.4 Å². The van der Waals surface area contributed by atoms with Gasteiger partial charge in [-0.05, 0) is 49.2 Å². The highest BCUT2D eigenvalue weighted by atomic mass is 16.5. The zero-order valence-electron chi connectivity index (χ0n) is 16.2. The van der Waals surface area contributed by atoms with Crippen LogP contribution in [0.2, 0.25) is 0 Å². The van der Waals surface area contributed by atoms with E-state index in [1.54, 1.807) is 12.0 Å². The molecule has 2 aromatic rings. The van der Waals surface area contributed by atoms with E-state index in [0.717, 1.165) is 36.4 Å². The second-order valence-electron chi connectivity index (χ2n) is 7.00. The molecule has 1 aliphatic heterocycles. The predicted molar refractivity (Wildman–Crippen MR) is 109 cm³/mol. The number of nitrogens with zero attached hydrogens (tertiary/aromatic N) is 2. The number of likely N-dealkylation sites (tertiary alicyclic amines) is 1. The maximum atomic E-state index is 13.1. The van der Waals surface area contributed by atoms with Gasteiger partial charge in [-0.2, -0.15) is 0 Å². The van der Waals surface area contributed by atoms with Crippen molar-refractivity contribution in [3.63, 3.8) is 0 Å². The predicted octanol–water partition coefficient (Wildman–Crippen LogP) is 2.74. The molecule has 1 heterocycles. The molecule has 2 aromatic carbocycles. The molecule has 0 spiro atoms. The number of methoxy groups -OCH3 is 1. The Labute approximate surface area is 165 Å². The van der Waals surface area contributed by atoms with Crippen molar-refractivity contribution in [3.05, 3.63) is 60.2 Å². The first kappa shape index (κ1) is 19.9. The average Bonchev–Trinajstić information content (AvgIpc) is 3.17. The number of carbonyl (C=O) groups is 2. The number of amides is 2. The number of hydrogen-bond donors (Lipinski definition) is 1. The van der Waals surface area contributed by atoms with Gasteiger partial charge in [0.15, 0.2) is 0 Å². The van der Waals surface area contributed by atoms with E-state index in [2.05, 4.69) is 11.0 Å². The second-order valence-corrected chi connectivity index (χ2v) is 7.00. The summed E-state index contributed by atoms with van der Waals surface area (Å²) in [5, 5.41) is 0. The van der Waals surface area contributed by atoms with Gasteiger partial charge in [-0.3, -0.25) is 14.5 Å². The zero-order chi connectivity index (χ0) is 19.9. The number of para-hydroxylation sites is 1. The summed E-state index contributed by atoms with van der Waals surface area (Å²) >= 11 is 0. The van der Waals surface area contributed by atoms with E-state index in [0.29, 0.717) is 6.54 Å². The Morgan fingerprint density at radius 2 is 1.96 bits per heavy atom. The van der Waals surface area contributed by atoms with Gasteiger partial charge in [-0.25, -0.2) is 0 Å². The van der Waals surface area contributed by atoms with Crippen LogP contribution in [-0.4, -0.2) is 43.5 Å². The molecule has 2 amide bonds. The van der Waals surface area contributed by atoms with Crippen LogP contribution in [0.25, 0.3) is 0 Å². The lowest BCUT2D eigenvalue weighted by atomic mass is 10.0. The normalized spacial score (nSPS) is 16.7. The van der Waals surface area contributed by atoms with Crippen LogP contribution in [0.4, 0.5) is 5.69 Å². The average molecular weight is 381 g/mol. The van der Waals surface area contributed by atoms with Crippen molar-refractivity contribution in [1.82, 2.24) is 4.90 Å². The van der Waals surface area contributed by atoms with E-state index in [-0.39, 0.29) is 24.9 Å². The lowest BCUT2D eigenvalue weighted by molar-refractivity contribution is -0.120. The Bertz CT molecular complexity index is 810. The lowest BCUT2D eigenvalue weighted by Gasteiger charge is -2.29. The maximum Gasteiger partial charge on any atom is 0.241 e. The van der Waals surface area contributed by atoms with Crippen molar-refractivity contribution in [3.8, 4) is 5.75 Å². The van der Waals surface area contributed by atoms with Crippen LogP contribution < -0.4 is 15.4 Å². The number of benzene rings is 2. The van der Waals surface area contributed by atoms with Crippen LogP contribution in [0.15, 0.2) is 54.6 Å². The van der Waals surface area contributed by atoms with Gasteiger partial charge >= 0.3 is 0 Å². The summed E-state index contributed by atoms with van der Waals surface area (Å²) in [5.41, 5.74) is 7.25. The van der Waals surface area contributed by atoms with Crippen LogP contribution in [0, 0.1) is 0 Å². The van der Waals surface area contributed by atoms with E-state index in [4.69, 9.17) is 10.5 Å². The smallest absolute Gasteiger partial charge is 0.241 e. The Morgan fingerprint density at radius 3 is 2.68 bits per heavy atom. The molecule has 3 rings (SSSR count). The minimum absolute atomic E-state index is 0.0257. The number of rotatable bonds is 8.